The summed E-state index contributed by atoms with van der Waals surface area (Å²) in [5.74, 6) is 2.71. The normalized spacial score (nSPS) is 12.4. The highest BCUT2D eigenvalue weighted by molar-refractivity contribution is 8.33. The van der Waals surface area contributed by atoms with E-state index in [0.717, 1.165) is 71.7 Å². The van der Waals surface area contributed by atoms with Gasteiger partial charge in [0.25, 0.3) is 0 Å². The molecule has 0 aliphatic carbocycles. The second kappa shape index (κ2) is 41.1. The highest BCUT2D eigenvalue weighted by Crippen LogP contribution is 2.37. The number of aromatic amines is 1. The number of hydrogen-bond acceptors (Lipinski definition) is 12. The number of nitriles is 1. The number of H-pyrrole nitrogens is 1. The zero-order chi connectivity index (χ0) is 72.0. The van der Waals surface area contributed by atoms with Crippen LogP contribution in [0, 0.1) is 11.3 Å². The number of anilines is 3. The highest BCUT2D eigenvalue weighted by Gasteiger charge is 2.58. The zero-order valence-electron chi connectivity index (χ0n) is 55.1. The van der Waals surface area contributed by atoms with Gasteiger partial charge >= 0.3 is 0 Å². The van der Waals surface area contributed by atoms with E-state index in [4.69, 9.17) is 190 Å². The minimum absolute atomic E-state index is 0.109. The Labute approximate surface area is 614 Å². The van der Waals surface area contributed by atoms with Crippen molar-refractivity contribution in [2.24, 2.45) is 19.8 Å². The molecule has 0 spiro atoms. The maximum absolute atomic E-state index is 9.94. The summed E-state index contributed by atoms with van der Waals surface area (Å²) in [7, 11) is 142. The fourth-order valence-corrected chi connectivity index (χ4v) is 13.2. The van der Waals surface area contributed by atoms with Gasteiger partial charge in [0.05, 0.1) is 78.8 Å². The minimum atomic E-state index is -1.30. The largest absolute Gasteiger partial charge is 0.490 e. The van der Waals surface area contributed by atoms with Gasteiger partial charge in [0.1, 0.15) is 42.8 Å². The predicted molar refractivity (Wildman–Crippen MR) is 451 cm³/mol. The fourth-order valence-electron chi connectivity index (χ4n) is 13.2. The molecule has 2 unspecified atom stereocenters. The van der Waals surface area contributed by atoms with Crippen LogP contribution in [-0.4, -0.2) is 379 Å². The Morgan fingerprint density at radius 2 is 0.918 bits per heavy atom. The third-order valence-electron chi connectivity index (χ3n) is 17.3. The first-order chi connectivity index (χ1) is 46.0. The van der Waals surface area contributed by atoms with Crippen molar-refractivity contribution in [3.63, 3.8) is 0 Å². The van der Waals surface area contributed by atoms with Gasteiger partial charge in [0.2, 0.25) is 0 Å². The van der Waals surface area contributed by atoms with Gasteiger partial charge in [-0.1, -0.05) is 36.4 Å². The number of carbonyl (C=O) groups is 1. The summed E-state index contributed by atoms with van der Waals surface area (Å²) in [4.78, 5) is 29.5. The molecule has 0 bridgehead atoms. The van der Waals surface area contributed by atoms with Crippen molar-refractivity contribution in [2.75, 3.05) is 61.1 Å². The van der Waals surface area contributed by atoms with E-state index in [0.29, 0.717) is 32.0 Å². The topological polar surface area (TPSA) is 177 Å². The van der Waals surface area contributed by atoms with Crippen molar-refractivity contribution in [1.82, 2.24) is 29.1 Å². The Morgan fingerprint density at radius 1 is 0.526 bits per heavy atom. The van der Waals surface area contributed by atoms with Crippen LogP contribution in [0.1, 0.15) is 34.0 Å². The smallest absolute Gasteiger partial charge is 0.169 e. The van der Waals surface area contributed by atoms with E-state index in [2.05, 4.69) is 42.3 Å². The summed E-state index contributed by atoms with van der Waals surface area (Å²) in [6.45, 7) is 5.01. The van der Waals surface area contributed by atoms with Crippen molar-refractivity contribution < 1.29 is 19.0 Å². The number of para-hydroxylation sites is 6. The number of aromatic nitrogens is 6. The fraction of sp³-hybridized carbons (Fsp3) is 0.275. The molecule has 57 heteroatoms. The number of aldehydes is 1. The maximum atomic E-state index is 9.94. The number of nitrogens with one attached hydrogen (secondary N) is 2. The van der Waals surface area contributed by atoms with E-state index in [1.165, 1.54) is 0 Å². The SMILES string of the molecule is Cn1cnc(C(C#N)N2CCOc3ccccc32)c1.Cn1cnc(C=O)c1.NCC(c1cnc[nH]1)N1CCOc2ccccc21.[B]B([B])B(B([B])[B])B(B([B])[B])B(B(B(B([B])[B])B([B])[B])B(B([B])[B])B([B])[B])B(B(B([B])[B])B([B])[B])B(B([B])[B])B([B])[B].c1ccc2c(c1)NCCO2. The summed E-state index contributed by atoms with van der Waals surface area (Å²) in [6.07, 6.45) is -12.4. The Hall–Kier alpha value is -4.06. The first-order valence-electron chi connectivity index (χ1n) is 31.6. The van der Waals surface area contributed by atoms with Gasteiger partial charge in [0, 0.05) is 337 Å². The van der Waals surface area contributed by atoms with Gasteiger partial charge < -0.3 is 49.2 Å². The molecule has 3 aliphatic rings. The van der Waals surface area contributed by atoms with E-state index in [-0.39, 0.29) is 12.1 Å². The molecule has 3 aliphatic heterocycles. The van der Waals surface area contributed by atoms with Crippen molar-refractivity contribution >= 4 is 321 Å². The minimum Gasteiger partial charge on any atom is -0.490 e. The molecule has 0 fully saturated rings. The molecule has 4 N–H and O–H groups in total. The van der Waals surface area contributed by atoms with Gasteiger partial charge in [-0.05, 0) is 36.4 Å². The number of benzene rings is 3. The van der Waals surface area contributed by atoms with Crippen molar-refractivity contribution in [1.29, 1.82) is 5.26 Å². The molecular weight excluding hydrogens is 1150 g/mol. The number of fused-ring (bicyclic) bond motifs is 3. The average Bonchev–Trinajstić information content (AvgIpc) is 1.07. The Kier molecular flexibility index (Phi) is 35.5. The van der Waals surface area contributed by atoms with Gasteiger partial charge in [-0.2, -0.15) is 5.26 Å². The molecule has 0 amide bonds. The number of imidazole rings is 3. The predicted octanol–water partition coefficient (Wildman–Crippen LogP) is -11.1. The molecule has 15 nitrogen and oxygen atoms in total. The second-order valence-corrected chi connectivity index (χ2v) is 24.2. The molecule has 9 rings (SSSR count). The van der Waals surface area contributed by atoms with Gasteiger partial charge in [-0.25, -0.2) is 15.0 Å². The van der Waals surface area contributed by atoms with Crippen LogP contribution in [0.4, 0.5) is 17.1 Å². The van der Waals surface area contributed by atoms with Gasteiger partial charge in [-0.3, -0.25) is 4.79 Å². The zero-order valence-corrected chi connectivity index (χ0v) is 55.1. The molecule has 97 heavy (non-hydrogen) atoms. The van der Waals surface area contributed by atoms with Crippen molar-refractivity contribution in [2.45, 2.75) is 12.1 Å². The summed E-state index contributed by atoms with van der Waals surface area (Å²) >= 11 is 0. The maximum Gasteiger partial charge on any atom is 0.169 e. The highest BCUT2D eigenvalue weighted by atomic mass is 16.5. The van der Waals surface area contributed by atoms with Crippen LogP contribution in [0.5, 0.6) is 17.2 Å². The van der Waals surface area contributed by atoms with Crippen molar-refractivity contribution in [3.8, 4) is 23.3 Å². The third-order valence-corrected chi connectivity index (χ3v) is 17.3. The first-order valence-corrected chi connectivity index (χ1v) is 31.6. The van der Waals surface area contributed by atoms with Gasteiger partial charge in [-0.15, -0.1) is 0 Å². The molecule has 3 aromatic heterocycles. The number of nitrogens with zero attached hydrogens (tertiary/aromatic N) is 8. The Morgan fingerprint density at radius 3 is 1.29 bits per heavy atom. The lowest BCUT2D eigenvalue weighted by atomic mass is 8.27. The number of aryl methyl sites for hydroxylation is 2. The molecule has 3 aromatic carbocycles. The standard InChI is InChI=1S/C14H14N4O.C13H16N4O.C8H9NO.C5H6N2O.B42/c1-17-9-11(16-10-17)13(8-15)18-6-7-19-14-5-3-2-4-12(14)18;14-7-12(10-8-15-9-16-10)17-5-6-18-13-4-2-1-3-11(13)17;1-2-4-8-7(3-1)9-5-6-10-8;1-7-2-5(3-8)6-4-7;1-23(2)34(24(3)4)39(33(21)22)42(40(35(25(5)6)26(7)8)36(27(9)10)28(11)12)41(37(29(13)14)30(15)16)38(31(17)18)32(19)20/h2-5,9-10,13H,6-7H2,1H3;1-4,8-9,12H,5-7,14H2,(H,15,16);1-4,9H,5-6H2;2-4H,1H3;. The van der Waals surface area contributed by atoms with Crippen LogP contribution in [0.3, 0.4) is 0 Å². The molecule has 6 heterocycles. The lowest BCUT2D eigenvalue weighted by molar-refractivity contribution is 0.111. The number of rotatable bonds is 25. The Balaban J connectivity index is 0.000000250. The van der Waals surface area contributed by atoms with Crippen LogP contribution in [0.15, 0.2) is 110 Å². The van der Waals surface area contributed by atoms with Crippen LogP contribution in [-0.2, 0) is 14.1 Å². The number of carbonyl (C=O) groups excluding carboxylic acids is 1. The third kappa shape index (κ3) is 23.2. The van der Waals surface area contributed by atoms with Crippen LogP contribution < -0.4 is 35.1 Å². The number of nitrogens with two attached hydrogens (primary N) is 1. The second-order valence-electron chi connectivity index (χ2n) is 24.2. The molecule has 6 aromatic rings. The molecular formula is C40H45B42N11O4. The molecule has 0 saturated heterocycles. The number of ether oxygens (including phenoxy) is 3. The summed E-state index contributed by atoms with van der Waals surface area (Å²) < 4.78 is 20.2. The summed E-state index contributed by atoms with van der Waals surface area (Å²) in [5, 5.41) is 12.7. The first kappa shape index (κ1) is 83.6. The van der Waals surface area contributed by atoms with Gasteiger partial charge in [0.15, 0.2) is 12.3 Å². The molecule has 0 saturated carbocycles. The van der Waals surface area contributed by atoms with Crippen LogP contribution in [0.25, 0.3) is 0 Å². The van der Waals surface area contributed by atoms with E-state index < -0.39 is 128 Å². The Bertz CT molecular complexity index is 3140. The summed E-state index contributed by atoms with van der Waals surface area (Å²) in [6, 6.07) is 25.9. The molecule has 44 radical (unpaired) electrons. The molecule has 2 atom stereocenters. The van der Waals surface area contributed by atoms with E-state index in [1.807, 2.05) is 103 Å². The number of hydrogen-bond donors (Lipinski definition) is 3. The average molecular weight is 1200 g/mol. The van der Waals surface area contributed by atoms with E-state index in [1.54, 1.807) is 29.7 Å². The lowest BCUT2D eigenvalue weighted by Crippen LogP contribution is -2.93. The summed E-state index contributed by atoms with van der Waals surface area (Å²) in [5.41, 5.74) is 11.3. The van der Waals surface area contributed by atoms with E-state index >= 15 is 0 Å². The van der Waals surface area contributed by atoms with E-state index in [9.17, 15) is 10.1 Å². The quantitative estimate of drug-likeness (QED) is 0.0366. The lowest BCUT2D eigenvalue weighted by Gasteiger charge is -2.55. The van der Waals surface area contributed by atoms with Crippen molar-refractivity contribution in [3.05, 3.63) is 127 Å². The monoisotopic (exact) mass is 1210 g/mol. The molecule has 410 valence electrons. The van der Waals surface area contributed by atoms with Crippen LogP contribution in [0.2, 0.25) is 0 Å². The van der Waals surface area contributed by atoms with Crippen LogP contribution >= 0.6 is 0 Å².